The van der Waals surface area contributed by atoms with Crippen LogP contribution in [-0.2, 0) is 12.8 Å². The highest BCUT2D eigenvalue weighted by Gasteiger charge is 2.18. The highest BCUT2D eigenvalue weighted by Crippen LogP contribution is 2.29. The maximum Gasteiger partial charge on any atom is 0.343 e. The summed E-state index contributed by atoms with van der Waals surface area (Å²) in [6, 6.07) is 21.2. The van der Waals surface area contributed by atoms with Crippen molar-refractivity contribution in [2.24, 2.45) is 0 Å². The molecule has 0 saturated carbocycles. The van der Waals surface area contributed by atoms with Crippen molar-refractivity contribution in [2.45, 2.75) is 65.2 Å². The third-order valence-corrected chi connectivity index (χ3v) is 7.02. The van der Waals surface area contributed by atoms with Gasteiger partial charge in [0.15, 0.2) is 0 Å². The third kappa shape index (κ3) is 6.84. The van der Waals surface area contributed by atoms with Crippen molar-refractivity contribution < 1.29 is 9.53 Å². The molecule has 36 heavy (non-hydrogen) atoms. The van der Waals surface area contributed by atoms with Gasteiger partial charge in [0, 0.05) is 4.47 Å². The van der Waals surface area contributed by atoms with E-state index in [1.54, 1.807) is 24.3 Å². The van der Waals surface area contributed by atoms with E-state index in [2.05, 4.69) is 60.1 Å². The Morgan fingerprint density at radius 3 is 1.94 bits per heavy atom. The Hall–Kier alpha value is -3.41. The standard InChI is InChI=1S/C31H31BrN2O2/c1-3-5-7-9-23-17-18-30(28(21-34)27(23)20-33)36-31(35)25-14-11-22(12-15-25)26-16-13-24(29(32)19-26)10-8-6-4-2/h11-19H,3-10H2,1-2H3. The van der Waals surface area contributed by atoms with Crippen LogP contribution < -0.4 is 4.74 Å². The molecule has 0 saturated heterocycles. The molecular weight excluding hydrogens is 512 g/mol. The van der Waals surface area contributed by atoms with Gasteiger partial charge in [-0.15, -0.1) is 0 Å². The highest BCUT2D eigenvalue weighted by molar-refractivity contribution is 9.10. The van der Waals surface area contributed by atoms with E-state index >= 15 is 0 Å². The van der Waals surface area contributed by atoms with E-state index in [1.165, 1.54) is 24.8 Å². The molecule has 4 nitrogen and oxygen atoms in total. The first-order valence-electron chi connectivity index (χ1n) is 12.6. The number of benzene rings is 3. The van der Waals surface area contributed by atoms with Crippen LogP contribution in [0.1, 0.15) is 85.0 Å². The van der Waals surface area contributed by atoms with Gasteiger partial charge in [0.1, 0.15) is 23.5 Å². The zero-order chi connectivity index (χ0) is 25.9. The number of aryl methyl sites for hydroxylation is 2. The summed E-state index contributed by atoms with van der Waals surface area (Å²) in [6.07, 6.45) is 8.45. The zero-order valence-electron chi connectivity index (χ0n) is 20.9. The molecular formula is C31H31BrN2O2. The second-order valence-corrected chi connectivity index (χ2v) is 9.74. The monoisotopic (exact) mass is 542 g/mol. The number of hydrogen-bond donors (Lipinski definition) is 0. The van der Waals surface area contributed by atoms with Crippen molar-refractivity contribution in [3.63, 3.8) is 0 Å². The summed E-state index contributed by atoms with van der Waals surface area (Å²) in [6.45, 7) is 4.32. The van der Waals surface area contributed by atoms with E-state index in [0.717, 1.165) is 53.3 Å². The van der Waals surface area contributed by atoms with Gasteiger partial charge < -0.3 is 4.74 Å². The zero-order valence-corrected chi connectivity index (χ0v) is 22.5. The second-order valence-electron chi connectivity index (χ2n) is 8.88. The summed E-state index contributed by atoms with van der Waals surface area (Å²) >= 11 is 3.70. The van der Waals surface area contributed by atoms with Crippen LogP contribution in [0.3, 0.4) is 0 Å². The number of hydrogen-bond acceptors (Lipinski definition) is 4. The number of esters is 1. The molecule has 0 spiro atoms. The average Bonchev–Trinajstić information content (AvgIpc) is 2.90. The van der Waals surface area contributed by atoms with Crippen LogP contribution in [-0.4, -0.2) is 5.97 Å². The molecule has 0 aliphatic heterocycles. The van der Waals surface area contributed by atoms with Crippen molar-refractivity contribution in [1.82, 2.24) is 0 Å². The molecule has 184 valence electrons. The Morgan fingerprint density at radius 2 is 1.36 bits per heavy atom. The molecule has 3 rings (SSSR count). The van der Waals surface area contributed by atoms with E-state index < -0.39 is 5.97 Å². The van der Waals surface area contributed by atoms with Gasteiger partial charge in [-0.2, -0.15) is 10.5 Å². The SMILES string of the molecule is CCCCCc1ccc(-c2ccc(C(=O)Oc3ccc(CCCCC)c(C#N)c3C#N)cc2)cc1Br. The molecule has 3 aromatic rings. The van der Waals surface area contributed by atoms with Crippen LogP contribution in [0, 0.1) is 22.7 Å². The van der Waals surface area contributed by atoms with Gasteiger partial charge in [-0.1, -0.05) is 85.8 Å². The lowest BCUT2D eigenvalue weighted by molar-refractivity contribution is 0.0734. The third-order valence-electron chi connectivity index (χ3n) is 6.29. The van der Waals surface area contributed by atoms with Crippen molar-refractivity contribution >= 4 is 21.9 Å². The molecule has 0 radical (unpaired) electrons. The summed E-state index contributed by atoms with van der Waals surface area (Å²) in [5.41, 5.74) is 4.95. The van der Waals surface area contributed by atoms with Gasteiger partial charge in [0.2, 0.25) is 0 Å². The number of halogens is 1. The predicted molar refractivity (Wildman–Crippen MR) is 147 cm³/mol. The van der Waals surface area contributed by atoms with Gasteiger partial charge in [-0.3, -0.25) is 0 Å². The minimum atomic E-state index is -0.562. The van der Waals surface area contributed by atoms with Gasteiger partial charge in [0.25, 0.3) is 0 Å². The van der Waals surface area contributed by atoms with Crippen molar-refractivity contribution in [2.75, 3.05) is 0 Å². The summed E-state index contributed by atoms with van der Waals surface area (Å²) in [5, 5.41) is 19.3. The van der Waals surface area contributed by atoms with Crippen molar-refractivity contribution in [3.05, 3.63) is 86.9 Å². The number of ether oxygens (including phenoxy) is 1. The lowest BCUT2D eigenvalue weighted by Gasteiger charge is -2.11. The Balaban J connectivity index is 1.75. The van der Waals surface area contributed by atoms with Gasteiger partial charge in [-0.25, -0.2) is 4.79 Å². The minimum absolute atomic E-state index is 0.111. The lowest BCUT2D eigenvalue weighted by atomic mass is 9.97. The molecule has 0 amide bonds. The van der Waals surface area contributed by atoms with Crippen molar-refractivity contribution in [1.29, 1.82) is 10.5 Å². The molecule has 0 aromatic heterocycles. The van der Waals surface area contributed by atoms with Crippen LogP contribution in [0.4, 0.5) is 0 Å². The number of carbonyl (C=O) groups excluding carboxylic acids is 1. The topological polar surface area (TPSA) is 73.9 Å². The maximum atomic E-state index is 12.8. The summed E-state index contributed by atoms with van der Waals surface area (Å²) in [7, 11) is 0. The van der Waals surface area contributed by atoms with E-state index in [4.69, 9.17) is 4.74 Å². The number of carbonyl (C=O) groups is 1. The van der Waals surface area contributed by atoms with E-state index in [0.29, 0.717) is 5.56 Å². The Morgan fingerprint density at radius 1 is 0.778 bits per heavy atom. The van der Waals surface area contributed by atoms with Crippen LogP contribution in [0.5, 0.6) is 5.75 Å². The average molecular weight is 544 g/mol. The van der Waals surface area contributed by atoms with E-state index in [-0.39, 0.29) is 16.9 Å². The molecule has 0 atom stereocenters. The first-order chi connectivity index (χ1) is 17.5. The summed E-state index contributed by atoms with van der Waals surface area (Å²) in [4.78, 5) is 12.8. The number of rotatable bonds is 11. The van der Waals surface area contributed by atoms with Crippen LogP contribution in [0.25, 0.3) is 11.1 Å². The largest absolute Gasteiger partial charge is 0.421 e. The Kier molecular flexibility index (Phi) is 10.3. The number of unbranched alkanes of at least 4 members (excludes halogenated alkanes) is 4. The normalized spacial score (nSPS) is 10.5. The maximum absolute atomic E-state index is 12.8. The second kappa shape index (κ2) is 13.6. The quantitative estimate of drug-likeness (QED) is 0.138. The number of nitriles is 2. The molecule has 0 unspecified atom stereocenters. The Bertz CT molecular complexity index is 1280. The van der Waals surface area contributed by atoms with Crippen LogP contribution in [0.2, 0.25) is 0 Å². The molecule has 0 N–H and O–H groups in total. The fraction of sp³-hybridized carbons (Fsp3) is 0.323. The highest BCUT2D eigenvalue weighted by atomic mass is 79.9. The van der Waals surface area contributed by atoms with Gasteiger partial charge in [-0.05, 0) is 72.2 Å². The predicted octanol–water partition coefficient (Wildman–Crippen LogP) is 8.54. The van der Waals surface area contributed by atoms with Gasteiger partial charge >= 0.3 is 5.97 Å². The van der Waals surface area contributed by atoms with Gasteiger partial charge in [0.05, 0.1) is 11.1 Å². The molecule has 0 heterocycles. The fourth-order valence-electron chi connectivity index (χ4n) is 4.18. The Labute approximate surface area is 222 Å². The summed E-state index contributed by atoms with van der Waals surface area (Å²) in [5.74, 6) is -0.446. The summed E-state index contributed by atoms with van der Waals surface area (Å²) < 4.78 is 6.65. The smallest absolute Gasteiger partial charge is 0.343 e. The lowest BCUT2D eigenvalue weighted by Crippen LogP contribution is -2.10. The molecule has 5 heteroatoms. The van der Waals surface area contributed by atoms with Crippen LogP contribution in [0.15, 0.2) is 59.1 Å². The molecule has 3 aromatic carbocycles. The first kappa shape index (κ1) is 27.2. The molecule has 0 aliphatic carbocycles. The van der Waals surface area contributed by atoms with E-state index in [1.807, 2.05) is 12.1 Å². The van der Waals surface area contributed by atoms with Crippen molar-refractivity contribution in [3.8, 4) is 29.0 Å². The number of nitrogens with zero attached hydrogens (tertiary/aromatic N) is 2. The minimum Gasteiger partial charge on any atom is -0.421 e. The van der Waals surface area contributed by atoms with E-state index in [9.17, 15) is 15.3 Å². The fourth-order valence-corrected chi connectivity index (χ4v) is 4.75. The molecule has 0 aliphatic rings. The molecule has 0 fully saturated rings. The van der Waals surface area contributed by atoms with Crippen LogP contribution >= 0.6 is 15.9 Å². The molecule has 0 bridgehead atoms. The first-order valence-corrected chi connectivity index (χ1v) is 13.4.